The number of anilines is 1. The minimum absolute atomic E-state index is 0.373. The maximum Gasteiger partial charge on any atom is 0.282 e. The molecular weight excluding hydrogens is 456 g/mol. The quantitative estimate of drug-likeness (QED) is 0.520. The Balaban J connectivity index is 1.29. The van der Waals surface area contributed by atoms with E-state index in [0.29, 0.717) is 44.1 Å². The van der Waals surface area contributed by atoms with Crippen molar-refractivity contribution in [2.24, 2.45) is 0 Å². The first kappa shape index (κ1) is 22.9. The van der Waals surface area contributed by atoms with Gasteiger partial charge >= 0.3 is 0 Å². The summed E-state index contributed by atoms with van der Waals surface area (Å²) in [4.78, 5) is 14.1. The molecule has 34 heavy (non-hydrogen) atoms. The number of rotatable bonds is 8. The number of likely N-dealkylation sites (N-methyl/N-ethyl adjacent to an activating group) is 1. The summed E-state index contributed by atoms with van der Waals surface area (Å²) < 4.78 is 40.9. The van der Waals surface area contributed by atoms with Gasteiger partial charge in [0.1, 0.15) is 17.8 Å². The Kier molecular flexibility index (Phi) is 5.86. The number of ether oxygens (including phenoxy) is 2. The van der Waals surface area contributed by atoms with Crippen LogP contribution in [-0.2, 0) is 16.6 Å². The van der Waals surface area contributed by atoms with Gasteiger partial charge in [0.05, 0.1) is 25.1 Å². The number of methoxy groups -OCH3 is 2. The summed E-state index contributed by atoms with van der Waals surface area (Å²) >= 11 is 0. The summed E-state index contributed by atoms with van der Waals surface area (Å²) in [5.74, 6) is 2.15. The monoisotopic (exact) mass is 486 g/mol. The molecule has 0 atom stereocenters. The van der Waals surface area contributed by atoms with Crippen LogP contribution in [0.2, 0.25) is 0 Å². The number of piperazine rings is 1. The predicted octanol–water partition coefficient (Wildman–Crippen LogP) is 2.05. The molecule has 2 aromatic heterocycles. The van der Waals surface area contributed by atoms with Crippen LogP contribution in [0.4, 0.5) is 5.82 Å². The Bertz CT molecular complexity index is 1290. The summed E-state index contributed by atoms with van der Waals surface area (Å²) in [7, 11) is 1.25. The second-order valence-electron chi connectivity index (χ2n) is 8.92. The standard InChI is InChI=1S/C23H30N6O4S/c1-27(11-7-17-4-5-19(32-2)20(14-17)33-3)34(30,31)29-13-12-28(15-23(29)8-9-23)22-18-6-10-24-21(18)25-16-26-22/h4-6,10,14,16H,7-9,11-13,15H2,1-3H3,(H,24,25,26). The van der Waals surface area contributed by atoms with E-state index in [4.69, 9.17) is 9.47 Å². The largest absolute Gasteiger partial charge is 0.493 e. The van der Waals surface area contributed by atoms with Gasteiger partial charge in [0.2, 0.25) is 0 Å². The van der Waals surface area contributed by atoms with Crippen LogP contribution < -0.4 is 14.4 Å². The normalized spacial score (nSPS) is 18.1. The Hall–Kier alpha value is -2.89. The molecule has 2 fully saturated rings. The van der Waals surface area contributed by atoms with Crippen molar-refractivity contribution in [1.29, 1.82) is 0 Å². The number of hydrogen-bond donors (Lipinski definition) is 1. The molecule has 2 aliphatic rings. The molecule has 11 heteroatoms. The molecule has 1 saturated heterocycles. The lowest BCUT2D eigenvalue weighted by Gasteiger charge is -2.43. The highest BCUT2D eigenvalue weighted by Gasteiger charge is 2.56. The number of fused-ring (bicyclic) bond motifs is 1. The lowest BCUT2D eigenvalue weighted by atomic mass is 10.1. The third-order valence-corrected chi connectivity index (χ3v) is 8.98. The number of H-pyrrole nitrogens is 1. The average molecular weight is 487 g/mol. The van der Waals surface area contributed by atoms with Gasteiger partial charge in [-0.2, -0.15) is 17.0 Å². The number of nitrogens with one attached hydrogen (secondary N) is 1. The summed E-state index contributed by atoms with van der Waals surface area (Å²) in [6.45, 7) is 2.03. The Morgan fingerprint density at radius 2 is 1.91 bits per heavy atom. The van der Waals surface area contributed by atoms with E-state index >= 15 is 0 Å². The van der Waals surface area contributed by atoms with Crippen molar-refractivity contribution in [3.05, 3.63) is 42.4 Å². The van der Waals surface area contributed by atoms with Crippen LogP contribution in [0, 0.1) is 0 Å². The summed E-state index contributed by atoms with van der Waals surface area (Å²) in [6.07, 6.45) is 5.69. The fourth-order valence-electron chi connectivity index (χ4n) is 4.77. The van der Waals surface area contributed by atoms with Crippen LogP contribution in [0.1, 0.15) is 18.4 Å². The number of hydrogen-bond acceptors (Lipinski definition) is 7. The van der Waals surface area contributed by atoms with E-state index in [9.17, 15) is 8.42 Å². The molecule has 1 saturated carbocycles. The first-order valence-electron chi connectivity index (χ1n) is 11.4. The molecule has 5 rings (SSSR count). The highest BCUT2D eigenvalue weighted by atomic mass is 32.2. The molecule has 10 nitrogen and oxygen atoms in total. The second-order valence-corrected chi connectivity index (χ2v) is 10.9. The molecule has 0 bridgehead atoms. The minimum atomic E-state index is -3.60. The second kappa shape index (κ2) is 8.71. The van der Waals surface area contributed by atoms with E-state index in [1.807, 2.05) is 30.5 Å². The molecule has 0 unspecified atom stereocenters. The Labute approximate surface area is 199 Å². The van der Waals surface area contributed by atoms with Crippen molar-refractivity contribution in [1.82, 2.24) is 23.6 Å². The molecule has 1 aliphatic carbocycles. The summed E-state index contributed by atoms with van der Waals surface area (Å²) in [5, 5.41) is 0.960. The fraction of sp³-hybridized carbons (Fsp3) is 0.478. The zero-order chi connectivity index (χ0) is 23.9. The smallest absolute Gasteiger partial charge is 0.282 e. The molecular formula is C23H30N6O4S. The molecule has 1 spiro atoms. The molecule has 0 radical (unpaired) electrons. The highest BCUT2D eigenvalue weighted by molar-refractivity contribution is 7.86. The molecule has 0 amide bonds. The molecule has 1 N–H and O–H groups in total. The van der Waals surface area contributed by atoms with E-state index < -0.39 is 10.2 Å². The van der Waals surface area contributed by atoms with Crippen molar-refractivity contribution >= 4 is 27.1 Å². The van der Waals surface area contributed by atoms with Crippen LogP contribution in [0.3, 0.4) is 0 Å². The Morgan fingerprint density at radius 1 is 1.12 bits per heavy atom. The van der Waals surface area contributed by atoms with Crippen LogP contribution in [0.15, 0.2) is 36.8 Å². The maximum absolute atomic E-state index is 13.6. The first-order chi connectivity index (χ1) is 16.4. The third-order valence-electron chi connectivity index (χ3n) is 6.88. The Morgan fingerprint density at radius 3 is 2.65 bits per heavy atom. The van der Waals surface area contributed by atoms with Crippen molar-refractivity contribution in [3.8, 4) is 11.5 Å². The van der Waals surface area contributed by atoms with Gasteiger partial charge in [-0.1, -0.05) is 6.07 Å². The van der Waals surface area contributed by atoms with Gasteiger partial charge < -0.3 is 19.4 Å². The van der Waals surface area contributed by atoms with Gasteiger partial charge in [-0.05, 0) is 43.0 Å². The number of benzene rings is 1. The highest BCUT2D eigenvalue weighted by Crippen LogP contribution is 2.47. The zero-order valence-electron chi connectivity index (χ0n) is 19.7. The van der Waals surface area contributed by atoms with E-state index in [0.717, 1.165) is 35.3 Å². The van der Waals surface area contributed by atoms with Crippen molar-refractivity contribution < 1.29 is 17.9 Å². The van der Waals surface area contributed by atoms with Crippen molar-refractivity contribution in [2.45, 2.75) is 24.8 Å². The number of nitrogens with zero attached hydrogens (tertiary/aromatic N) is 5. The van der Waals surface area contributed by atoms with Crippen molar-refractivity contribution in [3.63, 3.8) is 0 Å². The molecule has 3 heterocycles. The maximum atomic E-state index is 13.6. The van der Waals surface area contributed by atoms with E-state index in [-0.39, 0.29) is 5.54 Å². The SMILES string of the molecule is COc1ccc(CCN(C)S(=O)(=O)N2CCN(c3ncnc4[nH]ccc34)CC23CC3)cc1OC. The molecule has 182 valence electrons. The zero-order valence-corrected chi connectivity index (χ0v) is 20.5. The van der Waals surface area contributed by atoms with Crippen molar-refractivity contribution in [2.75, 3.05) is 52.3 Å². The summed E-state index contributed by atoms with van der Waals surface area (Å²) in [6, 6.07) is 7.64. The van der Waals surface area contributed by atoms with Gasteiger partial charge in [0.15, 0.2) is 11.5 Å². The van der Waals surface area contributed by atoms with Gasteiger partial charge in [-0.15, -0.1) is 0 Å². The third kappa shape index (κ3) is 3.97. The van der Waals surface area contributed by atoms with E-state index in [1.54, 1.807) is 31.9 Å². The van der Waals surface area contributed by atoms with Crippen LogP contribution in [-0.4, -0.2) is 85.0 Å². The van der Waals surface area contributed by atoms with Gasteiger partial charge in [0, 0.05) is 39.4 Å². The first-order valence-corrected chi connectivity index (χ1v) is 12.8. The topological polar surface area (TPSA) is 104 Å². The lowest BCUT2D eigenvalue weighted by molar-refractivity contribution is 0.251. The minimum Gasteiger partial charge on any atom is -0.493 e. The summed E-state index contributed by atoms with van der Waals surface area (Å²) in [5.41, 5.74) is 1.41. The van der Waals surface area contributed by atoms with Crippen LogP contribution in [0.25, 0.3) is 11.0 Å². The number of aromatic amines is 1. The fourth-order valence-corrected chi connectivity index (χ4v) is 6.47. The van der Waals surface area contributed by atoms with Crippen LogP contribution in [0.5, 0.6) is 11.5 Å². The van der Waals surface area contributed by atoms with Gasteiger partial charge in [-0.25, -0.2) is 9.97 Å². The van der Waals surface area contributed by atoms with Gasteiger partial charge in [0.25, 0.3) is 10.2 Å². The van der Waals surface area contributed by atoms with E-state index in [2.05, 4.69) is 19.9 Å². The average Bonchev–Trinajstić information content (AvgIpc) is 3.42. The molecule has 1 aromatic carbocycles. The van der Waals surface area contributed by atoms with Crippen LogP contribution >= 0.6 is 0 Å². The molecule has 1 aliphatic heterocycles. The lowest BCUT2D eigenvalue weighted by Crippen LogP contribution is -2.59. The predicted molar refractivity (Wildman–Crippen MR) is 130 cm³/mol. The molecule has 3 aromatic rings. The van der Waals surface area contributed by atoms with E-state index in [1.165, 1.54) is 4.31 Å². The number of aromatic nitrogens is 3. The van der Waals surface area contributed by atoms with Gasteiger partial charge in [-0.3, -0.25) is 0 Å².